The first-order valence-corrected chi connectivity index (χ1v) is 5.62. The highest BCUT2D eigenvalue weighted by Gasteiger charge is 2.04. The number of hydrogen-bond acceptors (Lipinski definition) is 2. The van der Waals surface area contributed by atoms with E-state index in [0.29, 0.717) is 12.1 Å². The molecule has 0 spiro atoms. The van der Waals surface area contributed by atoms with Crippen LogP contribution in [0.1, 0.15) is 21.6 Å². The Morgan fingerprint density at radius 1 is 1.39 bits per heavy atom. The number of benzene rings is 1. The zero-order valence-corrected chi connectivity index (χ0v) is 9.81. The lowest BCUT2D eigenvalue weighted by molar-refractivity contribution is 0.0954. The first-order chi connectivity index (χ1) is 8.79. The van der Waals surface area contributed by atoms with Gasteiger partial charge in [0.2, 0.25) is 0 Å². The van der Waals surface area contributed by atoms with Crippen LogP contribution in [0.4, 0.5) is 0 Å². The van der Waals surface area contributed by atoms with Gasteiger partial charge in [0.15, 0.2) is 0 Å². The van der Waals surface area contributed by atoms with E-state index in [-0.39, 0.29) is 5.91 Å². The Bertz CT molecular complexity index is 550. The number of carbonyl (C=O) groups is 1. The Hall–Kier alpha value is -2.54. The second kappa shape index (κ2) is 5.69. The van der Waals surface area contributed by atoms with Crippen LogP contribution in [-0.4, -0.2) is 22.4 Å². The Labute approximate surface area is 105 Å². The summed E-state index contributed by atoms with van der Waals surface area (Å²) in [5.41, 5.74) is 2.38. The summed E-state index contributed by atoms with van der Waals surface area (Å²) < 4.78 is 0. The van der Waals surface area contributed by atoms with Gasteiger partial charge in [-0.1, -0.05) is 5.92 Å². The van der Waals surface area contributed by atoms with Crippen LogP contribution in [0.15, 0.2) is 36.8 Å². The van der Waals surface area contributed by atoms with Crippen LogP contribution in [0.25, 0.3) is 0 Å². The van der Waals surface area contributed by atoms with Crippen LogP contribution < -0.4 is 5.32 Å². The number of nitrogens with zero attached hydrogens (tertiary/aromatic N) is 1. The van der Waals surface area contributed by atoms with E-state index in [1.807, 2.05) is 0 Å². The number of rotatable bonds is 4. The highest BCUT2D eigenvalue weighted by atomic mass is 16.1. The predicted molar refractivity (Wildman–Crippen MR) is 69.0 cm³/mol. The molecule has 0 radical (unpaired) electrons. The molecular formula is C14H13N3O. The molecule has 1 amide bonds. The third kappa shape index (κ3) is 2.98. The van der Waals surface area contributed by atoms with Crippen molar-refractivity contribution >= 4 is 5.91 Å². The monoisotopic (exact) mass is 239 g/mol. The highest BCUT2D eigenvalue weighted by molar-refractivity contribution is 5.94. The molecule has 0 aliphatic rings. The largest absolute Gasteiger partial charge is 0.352 e. The Morgan fingerprint density at radius 2 is 2.17 bits per heavy atom. The molecule has 1 aromatic carbocycles. The fourth-order valence-electron chi connectivity index (χ4n) is 1.55. The minimum absolute atomic E-state index is 0.0990. The van der Waals surface area contributed by atoms with E-state index < -0.39 is 0 Å². The summed E-state index contributed by atoms with van der Waals surface area (Å²) in [5.74, 6) is 2.41. The molecule has 2 rings (SSSR count). The Kier molecular flexibility index (Phi) is 3.77. The predicted octanol–water partition coefficient (Wildman–Crippen LogP) is 1.36. The fraction of sp³-hybridized carbons (Fsp3) is 0.143. The van der Waals surface area contributed by atoms with Gasteiger partial charge >= 0.3 is 0 Å². The van der Waals surface area contributed by atoms with Gasteiger partial charge in [-0.25, -0.2) is 4.98 Å². The molecule has 90 valence electrons. The van der Waals surface area contributed by atoms with E-state index in [2.05, 4.69) is 21.2 Å². The molecule has 0 atom stereocenters. The summed E-state index contributed by atoms with van der Waals surface area (Å²) in [4.78, 5) is 18.7. The zero-order chi connectivity index (χ0) is 12.8. The number of aromatic nitrogens is 2. The van der Waals surface area contributed by atoms with Gasteiger partial charge < -0.3 is 10.3 Å². The molecule has 0 aliphatic heterocycles. The van der Waals surface area contributed by atoms with Gasteiger partial charge in [-0.15, -0.1) is 6.42 Å². The lowest BCUT2D eigenvalue weighted by atomic mass is 10.1. The number of carbonyl (C=O) groups excluding carboxylic acids is 1. The number of H-pyrrole nitrogens is 1. The molecule has 0 unspecified atom stereocenters. The highest BCUT2D eigenvalue weighted by Crippen LogP contribution is 2.03. The topological polar surface area (TPSA) is 57.8 Å². The lowest BCUT2D eigenvalue weighted by Crippen LogP contribution is -2.25. The van der Waals surface area contributed by atoms with Crippen molar-refractivity contribution in [2.24, 2.45) is 0 Å². The molecule has 0 fully saturated rings. The molecular weight excluding hydrogens is 226 g/mol. The van der Waals surface area contributed by atoms with E-state index >= 15 is 0 Å². The first-order valence-electron chi connectivity index (χ1n) is 5.62. The average Bonchev–Trinajstić information content (AvgIpc) is 2.92. The average molecular weight is 239 g/mol. The molecule has 0 saturated heterocycles. The van der Waals surface area contributed by atoms with Crippen molar-refractivity contribution in [3.63, 3.8) is 0 Å². The first kappa shape index (κ1) is 11.9. The van der Waals surface area contributed by atoms with Crippen molar-refractivity contribution in [2.45, 2.75) is 6.42 Å². The molecule has 1 heterocycles. The number of terminal acetylenes is 1. The molecule has 0 saturated carbocycles. The SMILES string of the molecule is C#Cc1ccc(C(=O)NCCc2cnc[nH]2)cc1. The Balaban J connectivity index is 1.86. The van der Waals surface area contributed by atoms with Crippen molar-refractivity contribution in [2.75, 3.05) is 6.54 Å². The normalized spacial score (nSPS) is 9.72. The number of hydrogen-bond donors (Lipinski definition) is 2. The standard InChI is InChI=1S/C14H13N3O/c1-2-11-3-5-12(6-4-11)14(18)16-8-7-13-9-15-10-17-13/h1,3-6,9-10H,7-8H2,(H,15,17)(H,16,18). The molecule has 2 aromatic rings. The van der Waals surface area contributed by atoms with Crippen LogP contribution in [0.3, 0.4) is 0 Å². The second-order valence-electron chi connectivity index (χ2n) is 3.80. The van der Waals surface area contributed by atoms with E-state index in [1.54, 1.807) is 36.8 Å². The van der Waals surface area contributed by atoms with Gasteiger partial charge in [-0.05, 0) is 24.3 Å². The summed E-state index contributed by atoms with van der Waals surface area (Å²) >= 11 is 0. The van der Waals surface area contributed by atoms with Gasteiger partial charge in [-0.2, -0.15) is 0 Å². The molecule has 4 nitrogen and oxygen atoms in total. The summed E-state index contributed by atoms with van der Waals surface area (Å²) in [6.07, 6.45) is 9.35. The number of amides is 1. The van der Waals surface area contributed by atoms with E-state index in [0.717, 1.165) is 17.7 Å². The van der Waals surface area contributed by atoms with Gasteiger partial charge in [-0.3, -0.25) is 4.79 Å². The third-order valence-electron chi connectivity index (χ3n) is 2.55. The van der Waals surface area contributed by atoms with Crippen LogP contribution in [0.5, 0.6) is 0 Å². The minimum Gasteiger partial charge on any atom is -0.352 e. The maximum atomic E-state index is 11.8. The fourth-order valence-corrected chi connectivity index (χ4v) is 1.55. The number of aromatic amines is 1. The molecule has 0 aliphatic carbocycles. The van der Waals surface area contributed by atoms with Crippen LogP contribution in [0.2, 0.25) is 0 Å². The molecule has 18 heavy (non-hydrogen) atoms. The maximum absolute atomic E-state index is 11.8. The van der Waals surface area contributed by atoms with E-state index in [9.17, 15) is 4.79 Å². The zero-order valence-electron chi connectivity index (χ0n) is 9.81. The number of imidazole rings is 1. The van der Waals surface area contributed by atoms with Crippen molar-refractivity contribution < 1.29 is 4.79 Å². The Morgan fingerprint density at radius 3 is 2.78 bits per heavy atom. The van der Waals surface area contributed by atoms with Gasteiger partial charge in [0.05, 0.1) is 6.33 Å². The van der Waals surface area contributed by atoms with Crippen molar-refractivity contribution in [3.05, 3.63) is 53.6 Å². The maximum Gasteiger partial charge on any atom is 0.251 e. The van der Waals surface area contributed by atoms with Gasteiger partial charge in [0.1, 0.15) is 0 Å². The van der Waals surface area contributed by atoms with E-state index in [1.165, 1.54) is 0 Å². The summed E-state index contributed by atoms with van der Waals surface area (Å²) in [5, 5.41) is 2.84. The minimum atomic E-state index is -0.0990. The van der Waals surface area contributed by atoms with Crippen molar-refractivity contribution in [1.82, 2.24) is 15.3 Å². The summed E-state index contributed by atoms with van der Waals surface area (Å²) in [6.45, 7) is 0.567. The third-order valence-corrected chi connectivity index (χ3v) is 2.55. The molecule has 1 aromatic heterocycles. The lowest BCUT2D eigenvalue weighted by Gasteiger charge is -2.04. The molecule has 2 N–H and O–H groups in total. The van der Waals surface area contributed by atoms with Gasteiger partial charge in [0.25, 0.3) is 5.91 Å². The van der Waals surface area contributed by atoms with Crippen LogP contribution in [0, 0.1) is 12.3 Å². The summed E-state index contributed by atoms with van der Waals surface area (Å²) in [6, 6.07) is 6.95. The second-order valence-corrected chi connectivity index (χ2v) is 3.80. The summed E-state index contributed by atoms with van der Waals surface area (Å²) in [7, 11) is 0. The van der Waals surface area contributed by atoms with Crippen molar-refractivity contribution in [3.8, 4) is 12.3 Å². The van der Waals surface area contributed by atoms with Crippen LogP contribution in [-0.2, 0) is 6.42 Å². The van der Waals surface area contributed by atoms with Crippen LogP contribution >= 0.6 is 0 Å². The van der Waals surface area contributed by atoms with E-state index in [4.69, 9.17) is 6.42 Å². The van der Waals surface area contributed by atoms with Crippen molar-refractivity contribution in [1.29, 1.82) is 0 Å². The quantitative estimate of drug-likeness (QED) is 0.791. The smallest absolute Gasteiger partial charge is 0.251 e. The number of nitrogens with one attached hydrogen (secondary N) is 2. The van der Waals surface area contributed by atoms with Gasteiger partial charge in [0, 0.05) is 36.0 Å². The molecule has 4 heteroatoms. The molecule has 0 bridgehead atoms.